The van der Waals surface area contributed by atoms with Gasteiger partial charge in [0.05, 0.1) is 0 Å². The SMILES string of the molecule is CCN(CC)C(=O)c1ccc(Cl)cc1-c1ccccc1C.CCN(CC)C(=O)c1ccc(Cl)cc1B(O)O.Cc1cccc(C)c1C=O.Cc1ccccc1I.O=C(Cl)c1ccc(Cl)cc1.O=C1C(=O)c2ccc(Br)cc2-c2cc(Cl)ccc21.Oc1cc2ccccc2c2cc(Cl)ccc12. The van der Waals surface area contributed by atoms with E-state index in [1.165, 1.54) is 21.3 Å². The van der Waals surface area contributed by atoms with Crippen LogP contribution in [0, 0.1) is 31.3 Å². The van der Waals surface area contributed by atoms with Crippen LogP contribution < -0.4 is 5.46 Å². The zero-order chi connectivity index (χ0) is 73.5. The summed E-state index contributed by atoms with van der Waals surface area (Å²) in [5.41, 5.74) is 11.2. The van der Waals surface area contributed by atoms with Gasteiger partial charge in [0.15, 0.2) is 6.29 Å². The third kappa shape index (κ3) is 22.1. The predicted octanol–water partition coefficient (Wildman–Crippen LogP) is 21.2. The molecular formula is C80H71BBrCl6IN2O9. The molecule has 0 atom stereocenters. The van der Waals surface area contributed by atoms with Gasteiger partial charge in [-0.1, -0.05) is 159 Å². The number of fused-ring (bicyclic) bond motifs is 6. The minimum absolute atomic E-state index is 0.0509. The molecule has 0 radical (unpaired) electrons. The van der Waals surface area contributed by atoms with Crippen LogP contribution in [-0.4, -0.2) is 93.2 Å². The molecule has 0 aliphatic heterocycles. The molecule has 0 heterocycles. The molecule has 11 aromatic rings. The second-order valence-corrected chi connectivity index (χ2v) is 27.0. The number of carbonyl (C=O) groups excluding carboxylic acids is 6. The number of aryl methyl sites for hydroxylation is 4. The zero-order valence-electron chi connectivity index (χ0n) is 55.9. The van der Waals surface area contributed by atoms with Crippen molar-refractivity contribution in [3.8, 4) is 28.0 Å². The Kier molecular flexibility index (Phi) is 32.1. The highest BCUT2D eigenvalue weighted by atomic mass is 127. The summed E-state index contributed by atoms with van der Waals surface area (Å²) >= 11 is 40.3. The van der Waals surface area contributed by atoms with Gasteiger partial charge < -0.3 is 25.0 Å². The van der Waals surface area contributed by atoms with E-state index in [4.69, 9.17) is 69.6 Å². The van der Waals surface area contributed by atoms with Crippen molar-refractivity contribution < 1.29 is 43.9 Å². The van der Waals surface area contributed by atoms with Crippen molar-refractivity contribution in [2.75, 3.05) is 26.2 Å². The zero-order valence-corrected chi connectivity index (χ0v) is 64.2. The average molecular weight is 1630 g/mol. The number of phenolic OH excluding ortho intramolecular Hbond substituents is 1. The molecule has 0 fully saturated rings. The Bertz CT molecular complexity index is 4640. The number of ketones is 2. The van der Waals surface area contributed by atoms with E-state index in [0.29, 0.717) is 84.9 Å². The number of carbonyl (C=O) groups is 6. The third-order valence-electron chi connectivity index (χ3n) is 15.8. The van der Waals surface area contributed by atoms with E-state index in [2.05, 4.69) is 69.7 Å². The molecule has 2 amide bonds. The number of phenols is 1. The van der Waals surface area contributed by atoms with E-state index in [9.17, 15) is 43.9 Å². The monoisotopic (exact) mass is 1630 g/mol. The van der Waals surface area contributed by atoms with Crippen molar-refractivity contribution in [1.29, 1.82) is 0 Å². The van der Waals surface area contributed by atoms with Crippen molar-refractivity contribution in [2.45, 2.75) is 55.4 Å². The number of aldehydes is 1. The molecule has 11 nitrogen and oxygen atoms in total. The van der Waals surface area contributed by atoms with Crippen molar-refractivity contribution in [2.24, 2.45) is 0 Å². The lowest BCUT2D eigenvalue weighted by Gasteiger charge is -2.21. The van der Waals surface area contributed by atoms with E-state index in [0.717, 1.165) is 71.2 Å². The standard InChI is InChI=1S/C18H20ClNO.C14H6BrClO2.C14H9ClO.C11H15BClNO3.C9H10O.C7H4Cl2O.C7H7I/c1-4-20(5-2)18(21)16-11-10-14(19)12-17(16)15-9-7-6-8-13(15)3;15-7-1-3-9-11(5-7)12-6-8(16)2-4-10(12)14(18)13(9)17;15-10-5-6-12-13(8-10)11-4-2-1-3-9(11)7-14(12)16;1-3-14(4-2)11(15)9-6-5-8(13)7-10(9)12(16)17;1-7-4-3-5-8(2)9(7)6-10;8-6-3-1-5(2-4-6)7(9)10;1-6-4-2-3-5-7(6)8/h6-12H,4-5H2,1-3H3;1-6H;1-8,16H;5-7,16-17H,3-4H2,1-2H3;3-6H,1-2H3;1-4H;2-5H,1H3. The van der Waals surface area contributed by atoms with Crippen LogP contribution in [0.3, 0.4) is 0 Å². The first-order valence-electron chi connectivity index (χ1n) is 31.4. The number of benzene rings is 11. The highest BCUT2D eigenvalue weighted by Crippen LogP contribution is 2.38. The molecule has 3 N–H and O–H groups in total. The van der Waals surface area contributed by atoms with Gasteiger partial charge in [0, 0.05) is 98.1 Å². The van der Waals surface area contributed by atoms with Gasteiger partial charge in [-0.05, 0) is 283 Å². The van der Waals surface area contributed by atoms with Crippen LogP contribution in [0.25, 0.3) is 43.8 Å². The fraction of sp³-hybridized carbons (Fsp3) is 0.150. The molecule has 0 saturated carbocycles. The highest BCUT2D eigenvalue weighted by molar-refractivity contribution is 14.1. The number of Topliss-reactive ketones (excluding diaryl/α,β-unsaturated/α-hetero) is 2. The van der Waals surface area contributed by atoms with Crippen molar-refractivity contribution in [3.63, 3.8) is 0 Å². The number of aromatic hydroxyl groups is 1. The molecule has 0 saturated heterocycles. The van der Waals surface area contributed by atoms with Gasteiger partial charge in [-0.15, -0.1) is 0 Å². The molecule has 12 rings (SSSR count). The smallest absolute Gasteiger partial charge is 0.489 e. The lowest BCUT2D eigenvalue weighted by molar-refractivity contribution is 0.0766. The van der Waals surface area contributed by atoms with Crippen LogP contribution >= 0.6 is 108 Å². The normalized spacial score (nSPS) is 10.7. The minimum atomic E-state index is -1.71. The van der Waals surface area contributed by atoms with E-state index in [1.807, 2.05) is 150 Å². The van der Waals surface area contributed by atoms with E-state index < -0.39 is 23.9 Å². The number of rotatable bonds is 10. The summed E-state index contributed by atoms with van der Waals surface area (Å²) in [5, 5.41) is 34.7. The Labute approximate surface area is 636 Å². The Hall–Kier alpha value is -7.71. The first-order chi connectivity index (χ1) is 47.7. The molecular weight excluding hydrogens is 1560 g/mol. The van der Waals surface area contributed by atoms with Gasteiger partial charge in [-0.3, -0.25) is 28.8 Å². The molecule has 514 valence electrons. The maximum absolute atomic E-state index is 12.7. The van der Waals surface area contributed by atoms with Gasteiger partial charge in [0.25, 0.3) is 17.1 Å². The summed E-state index contributed by atoms with van der Waals surface area (Å²) in [6, 6.07) is 64.0. The lowest BCUT2D eigenvalue weighted by Crippen LogP contribution is -2.40. The van der Waals surface area contributed by atoms with Gasteiger partial charge in [0.1, 0.15) is 5.75 Å². The first kappa shape index (κ1) is 81.3. The topological polar surface area (TPSA) is 170 Å². The predicted molar refractivity (Wildman–Crippen MR) is 426 cm³/mol. The second kappa shape index (κ2) is 39.5. The van der Waals surface area contributed by atoms with Crippen molar-refractivity contribution in [1.82, 2.24) is 9.80 Å². The number of nitrogens with zero attached hydrogens (tertiary/aromatic N) is 2. The van der Waals surface area contributed by atoms with Crippen molar-refractivity contribution in [3.05, 3.63) is 301 Å². The molecule has 1 aliphatic carbocycles. The fourth-order valence-electron chi connectivity index (χ4n) is 10.4. The summed E-state index contributed by atoms with van der Waals surface area (Å²) in [6.07, 6.45) is 0.907. The van der Waals surface area contributed by atoms with Crippen molar-refractivity contribution >= 4 is 177 Å². The Morgan fingerprint density at radius 3 is 1.45 bits per heavy atom. The molecule has 0 unspecified atom stereocenters. The Morgan fingerprint density at radius 2 is 0.920 bits per heavy atom. The Morgan fingerprint density at radius 1 is 0.460 bits per heavy atom. The fourth-order valence-corrected chi connectivity index (χ4v) is 12.1. The van der Waals surface area contributed by atoms with Crippen LogP contribution in [0.4, 0.5) is 0 Å². The number of halogens is 8. The summed E-state index contributed by atoms with van der Waals surface area (Å²) in [4.78, 5) is 73.1. The summed E-state index contributed by atoms with van der Waals surface area (Å²) in [7, 11) is -1.71. The molecule has 100 heavy (non-hydrogen) atoms. The first-order valence-corrected chi connectivity index (χ1v) is 35.6. The van der Waals surface area contributed by atoms with E-state index in [-0.39, 0.29) is 22.8 Å². The molecule has 1 aliphatic rings. The van der Waals surface area contributed by atoms with Crippen LogP contribution in [0.2, 0.25) is 25.1 Å². The third-order valence-corrected chi connectivity index (χ3v) is 18.9. The molecule has 0 spiro atoms. The number of hydrogen-bond donors (Lipinski definition) is 3. The summed E-state index contributed by atoms with van der Waals surface area (Å²) < 4.78 is 2.19. The quantitative estimate of drug-likeness (QED) is 0.0301. The minimum Gasteiger partial charge on any atom is -0.507 e. The van der Waals surface area contributed by atoms with Crippen LogP contribution in [0.15, 0.2) is 217 Å². The van der Waals surface area contributed by atoms with Gasteiger partial charge >= 0.3 is 7.12 Å². The highest BCUT2D eigenvalue weighted by Gasteiger charge is 2.31. The maximum Gasteiger partial charge on any atom is 0.489 e. The second-order valence-electron chi connectivity index (χ2n) is 22.4. The van der Waals surface area contributed by atoms with E-state index in [1.54, 1.807) is 83.8 Å². The van der Waals surface area contributed by atoms with Gasteiger partial charge in [-0.25, -0.2) is 0 Å². The van der Waals surface area contributed by atoms with Crippen LogP contribution in [0.5, 0.6) is 5.75 Å². The summed E-state index contributed by atoms with van der Waals surface area (Å²) in [5.74, 6) is -0.820. The largest absolute Gasteiger partial charge is 0.507 e. The Balaban J connectivity index is 0.000000188. The molecule has 11 aromatic carbocycles. The van der Waals surface area contributed by atoms with Gasteiger partial charge in [-0.2, -0.15) is 0 Å². The molecule has 0 aromatic heterocycles. The van der Waals surface area contributed by atoms with E-state index >= 15 is 0 Å². The average Bonchev–Trinajstić information content (AvgIpc) is 0.768. The van der Waals surface area contributed by atoms with Gasteiger partial charge in [0.2, 0.25) is 11.6 Å². The van der Waals surface area contributed by atoms with Crippen LogP contribution in [0.1, 0.15) is 112 Å². The lowest BCUT2D eigenvalue weighted by atomic mass is 9.76. The molecule has 0 bridgehead atoms. The molecule has 20 heteroatoms. The maximum atomic E-state index is 12.7. The van der Waals surface area contributed by atoms with Crippen LogP contribution in [-0.2, 0) is 0 Å². The number of hydrogen-bond acceptors (Lipinski definition) is 9. The number of amides is 2. The summed E-state index contributed by atoms with van der Waals surface area (Å²) in [6.45, 7) is 18.3.